The zero-order chi connectivity index (χ0) is 19.3. The third-order valence-corrected chi connectivity index (χ3v) is 4.67. The lowest BCUT2D eigenvalue weighted by molar-refractivity contribution is 0.0858. The normalized spacial score (nSPS) is 15.5. The molecule has 0 radical (unpaired) electrons. The molecule has 0 aliphatic carbocycles. The molecule has 2 rings (SSSR count). The van der Waals surface area contributed by atoms with Gasteiger partial charge in [0.2, 0.25) is 0 Å². The quantitative estimate of drug-likeness (QED) is 0.892. The number of amides is 2. The van der Waals surface area contributed by atoms with Crippen LogP contribution in [0.3, 0.4) is 0 Å². The predicted octanol–water partition coefficient (Wildman–Crippen LogP) is 3.34. The molecule has 1 saturated heterocycles. The number of piperidine rings is 1. The summed E-state index contributed by atoms with van der Waals surface area (Å²) in [5.41, 5.74) is 1.64. The minimum Gasteiger partial charge on any atom is -0.496 e. The van der Waals surface area contributed by atoms with Crippen molar-refractivity contribution in [3.8, 4) is 5.75 Å². The third-order valence-electron chi connectivity index (χ3n) is 4.67. The van der Waals surface area contributed by atoms with Crippen molar-refractivity contribution in [2.45, 2.75) is 52.0 Å². The smallest absolute Gasteiger partial charge is 0.409 e. The fourth-order valence-corrected chi connectivity index (χ4v) is 3.03. The first-order chi connectivity index (χ1) is 12.3. The van der Waals surface area contributed by atoms with Crippen LogP contribution in [-0.4, -0.2) is 49.7 Å². The number of nitrogens with zero attached hydrogens (tertiary/aromatic N) is 1. The zero-order valence-electron chi connectivity index (χ0n) is 16.4. The first kappa shape index (κ1) is 20.1. The van der Waals surface area contributed by atoms with E-state index in [-0.39, 0.29) is 23.5 Å². The van der Waals surface area contributed by atoms with Crippen molar-refractivity contribution in [2.24, 2.45) is 0 Å². The first-order valence-electron chi connectivity index (χ1n) is 9.17. The maximum atomic E-state index is 12.7. The molecule has 0 atom stereocenters. The Kier molecular flexibility index (Phi) is 6.51. The standard InChI is InChI=1S/C20H30N2O4/c1-6-26-19(24)22-11-9-15(10-12-22)21-18(23)16-8-7-14(20(2,3)4)13-17(16)25-5/h7-8,13,15H,6,9-12H2,1-5H3,(H,21,23). The van der Waals surface area contributed by atoms with Crippen LogP contribution in [0, 0.1) is 0 Å². The molecule has 6 heteroatoms. The molecule has 26 heavy (non-hydrogen) atoms. The van der Waals surface area contributed by atoms with E-state index in [9.17, 15) is 9.59 Å². The molecule has 1 N–H and O–H groups in total. The number of rotatable bonds is 4. The molecule has 1 aromatic carbocycles. The van der Waals surface area contributed by atoms with E-state index in [2.05, 4.69) is 26.1 Å². The maximum absolute atomic E-state index is 12.7. The highest BCUT2D eigenvalue weighted by Gasteiger charge is 2.26. The summed E-state index contributed by atoms with van der Waals surface area (Å²) in [5.74, 6) is 0.441. The number of ether oxygens (including phenoxy) is 2. The van der Waals surface area contributed by atoms with Crippen molar-refractivity contribution >= 4 is 12.0 Å². The molecule has 1 aliphatic rings. The molecule has 2 amide bonds. The van der Waals surface area contributed by atoms with Crippen molar-refractivity contribution in [1.29, 1.82) is 0 Å². The summed E-state index contributed by atoms with van der Waals surface area (Å²) in [5, 5.41) is 3.06. The van der Waals surface area contributed by atoms with E-state index in [0.29, 0.717) is 43.9 Å². The Bertz CT molecular complexity index is 644. The van der Waals surface area contributed by atoms with Gasteiger partial charge in [-0.05, 0) is 42.9 Å². The van der Waals surface area contributed by atoms with Crippen molar-refractivity contribution in [2.75, 3.05) is 26.8 Å². The predicted molar refractivity (Wildman–Crippen MR) is 101 cm³/mol. The lowest BCUT2D eigenvalue weighted by atomic mass is 9.86. The van der Waals surface area contributed by atoms with Crippen LogP contribution in [0.25, 0.3) is 0 Å². The summed E-state index contributed by atoms with van der Waals surface area (Å²) >= 11 is 0. The number of likely N-dealkylation sites (tertiary alicyclic amines) is 1. The number of methoxy groups -OCH3 is 1. The summed E-state index contributed by atoms with van der Waals surface area (Å²) < 4.78 is 10.5. The molecule has 1 aliphatic heterocycles. The van der Waals surface area contributed by atoms with Gasteiger partial charge < -0.3 is 19.7 Å². The molecule has 0 unspecified atom stereocenters. The van der Waals surface area contributed by atoms with Crippen molar-refractivity contribution in [3.63, 3.8) is 0 Å². The Labute approximate surface area is 155 Å². The SMILES string of the molecule is CCOC(=O)N1CCC(NC(=O)c2ccc(C(C)(C)C)cc2OC)CC1. The molecule has 1 heterocycles. The van der Waals surface area contributed by atoms with Crippen molar-refractivity contribution in [1.82, 2.24) is 10.2 Å². The van der Waals surface area contributed by atoms with E-state index in [1.165, 1.54) is 0 Å². The molecule has 0 bridgehead atoms. The van der Waals surface area contributed by atoms with E-state index in [0.717, 1.165) is 5.56 Å². The van der Waals surface area contributed by atoms with Gasteiger partial charge in [0.25, 0.3) is 5.91 Å². The second kappa shape index (κ2) is 8.43. The second-order valence-corrected chi connectivity index (χ2v) is 7.60. The minimum atomic E-state index is -0.281. The Balaban J connectivity index is 1.99. The highest BCUT2D eigenvalue weighted by molar-refractivity contribution is 5.97. The summed E-state index contributed by atoms with van der Waals surface area (Å²) in [6.45, 7) is 9.72. The number of benzene rings is 1. The van der Waals surface area contributed by atoms with E-state index in [1.54, 1.807) is 18.9 Å². The first-order valence-corrected chi connectivity index (χ1v) is 9.17. The lowest BCUT2D eigenvalue weighted by Gasteiger charge is -2.31. The molecule has 1 aromatic rings. The zero-order valence-corrected chi connectivity index (χ0v) is 16.4. The molecule has 1 fully saturated rings. The van der Waals surface area contributed by atoms with Crippen LogP contribution in [0.1, 0.15) is 56.5 Å². The van der Waals surface area contributed by atoms with Gasteiger partial charge in [0.15, 0.2) is 0 Å². The van der Waals surface area contributed by atoms with Gasteiger partial charge in [0.05, 0.1) is 19.3 Å². The van der Waals surface area contributed by atoms with Crippen LogP contribution in [0.15, 0.2) is 18.2 Å². The summed E-state index contributed by atoms with van der Waals surface area (Å²) in [6, 6.07) is 5.77. The third kappa shape index (κ3) is 4.90. The van der Waals surface area contributed by atoms with E-state index < -0.39 is 0 Å². The summed E-state index contributed by atoms with van der Waals surface area (Å²) in [6.07, 6.45) is 1.15. The van der Waals surface area contributed by atoms with Crippen LogP contribution in [0.5, 0.6) is 5.75 Å². The van der Waals surface area contributed by atoms with Gasteiger partial charge in [-0.15, -0.1) is 0 Å². The van der Waals surface area contributed by atoms with E-state index in [1.807, 2.05) is 18.2 Å². The molecule has 0 spiro atoms. The Morgan fingerprint density at radius 2 is 1.88 bits per heavy atom. The molecular weight excluding hydrogens is 332 g/mol. The molecule has 6 nitrogen and oxygen atoms in total. The summed E-state index contributed by atoms with van der Waals surface area (Å²) in [4.78, 5) is 26.1. The number of carbonyl (C=O) groups excluding carboxylic acids is 2. The highest BCUT2D eigenvalue weighted by atomic mass is 16.6. The van der Waals surface area contributed by atoms with Gasteiger partial charge in [0, 0.05) is 19.1 Å². The van der Waals surface area contributed by atoms with Crippen LogP contribution in [0.4, 0.5) is 4.79 Å². The van der Waals surface area contributed by atoms with E-state index >= 15 is 0 Å². The van der Waals surface area contributed by atoms with Gasteiger partial charge in [-0.1, -0.05) is 26.8 Å². The fourth-order valence-electron chi connectivity index (χ4n) is 3.03. The monoisotopic (exact) mass is 362 g/mol. The van der Waals surface area contributed by atoms with Crippen LogP contribution >= 0.6 is 0 Å². The number of hydrogen-bond donors (Lipinski definition) is 1. The number of hydrogen-bond acceptors (Lipinski definition) is 4. The van der Waals surface area contributed by atoms with Gasteiger partial charge in [-0.3, -0.25) is 4.79 Å². The molecule has 0 saturated carbocycles. The van der Waals surface area contributed by atoms with Gasteiger partial charge in [-0.25, -0.2) is 4.79 Å². The average molecular weight is 362 g/mol. The number of nitrogens with one attached hydrogen (secondary N) is 1. The van der Waals surface area contributed by atoms with Gasteiger partial charge >= 0.3 is 6.09 Å². The molecule has 144 valence electrons. The Morgan fingerprint density at radius 1 is 1.23 bits per heavy atom. The van der Waals surface area contributed by atoms with Crippen LogP contribution in [0.2, 0.25) is 0 Å². The second-order valence-electron chi connectivity index (χ2n) is 7.60. The largest absolute Gasteiger partial charge is 0.496 e. The fraction of sp³-hybridized carbons (Fsp3) is 0.600. The topological polar surface area (TPSA) is 67.9 Å². The van der Waals surface area contributed by atoms with Crippen molar-refractivity contribution in [3.05, 3.63) is 29.3 Å². The maximum Gasteiger partial charge on any atom is 0.409 e. The Hall–Kier alpha value is -2.24. The van der Waals surface area contributed by atoms with Crippen LogP contribution < -0.4 is 10.1 Å². The minimum absolute atomic E-state index is 0.0117. The summed E-state index contributed by atoms with van der Waals surface area (Å²) in [7, 11) is 1.58. The molecular formula is C20H30N2O4. The average Bonchev–Trinajstić information content (AvgIpc) is 2.61. The number of carbonyl (C=O) groups is 2. The van der Waals surface area contributed by atoms with E-state index in [4.69, 9.17) is 9.47 Å². The highest BCUT2D eigenvalue weighted by Crippen LogP contribution is 2.28. The lowest BCUT2D eigenvalue weighted by Crippen LogP contribution is -2.46. The molecule has 0 aromatic heterocycles. The van der Waals surface area contributed by atoms with Gasteiger partial charge in [0.1, 0.15) is 5.75 Å². The van der Waals surface area contributed by atoms with Crippen LogP contribution in [-0.2, 0) is 10.2 Å². The Morgan fingerprint density at radius 3 is 2.42 bits per heavy atom. The van der Waals surface area contributed by atoms with Gasteiger partial charge in [-0.2, -0.15) is 0 Å². The van der Waals surface area contributed by atoms with Crippen molar-refractivity contribution < 1.29 is 19.1 Å².